The Morgan fingerprint density at radius 1 is 1.08 bits per heavy atom. The zero-order valence-corrected chi connectivity index (χ0v) is 16.3. The number of hydroxylamine groups is 2. The monoisotopic (exact) mass is 350 g/mol. The van der Waals surface area contributed by atoms with E-state index in [1.54, 1.807) is 0 Å². The maximum atomic E-state index is 12.5. The molecular weight excluding hydrogens is 316 g/mol. The van der Waals surface area contributed by atoms with Gasteiger partial charge in [-0.1, -0.05) is 20.8 Å². The first-order valence-corrected chi connectivity index (χ1v) is 9.79. The summed E-state index contributed by atoms with van der Waals surface area (Å²) in [7, 11) is 1.50. The Labute approximate surface area is 151 Å². The van der Waals surface area contributed by atoms with Crippen LogP contribution in [0.25, 0.3) is 0 Å². The summed E-state index contributed by atoms with van der Waals surface area (Å²) in [5.41, 5.74) is 0.170. The van der Waals surface area contributed by atoms with Crippen molar-refractivity contribution in [3.05, 3.63) is 0 Å². The maximum Gasteiger partial charge on any atom is 0.265 e. The predicted molar refractivity (Wildman–Crippen MR) is 96.4 cm³/mol. The molecule has 0 spiro atoms. The first kappa shape index (κ1) is 18.7. The number of hydrogen-bond acceptors (Lipinski definition) is 3. The number of nitrogens with zero attached hydrogens (tertiary/aromatic N) is 1. The Hall–Kier alpha value is -1.10. The van der Waals surface area contributed by atoms with Crippen LogP contribution in [0.3, 0.4) is 0 Å². The molecule has 4 saturated carbocycles. The van der Waals surface area contributed by atoms with E-state index >= 15 is 0 Å². The second-order valence-electron chi connectivity index (χ2n) is 10.0. The van der Waals surface area contributed by atoms with Crippen molar-refractivity contribution in [1.29, 1.82) is 0 Å². The molecule has 0 atom stereocenters. The van der Waals surface area contributed by atoms with Crippen LogP contribution in [-0.2, 0) is 14.4 Å². The van der Waals surface area contributed by atoms with E-state index in [0.29, 0.717) is 13.0 Å². The molecule has 0 aromatic heterocycles. The summed E-state index contributed by atoms with van der Waals surface area (Å²) in [6.45, 7) is 6.69. The van der Waals surface area contributed by atoms with E-state index in [9.17, 15) is 9.59 Å². The van der Waals surface area contributed by atoms with E-state index in [1.165, 1.54) is 50.7 Å². The lowest BCUT2D eigenvalue weighted by molar-refractivity contribution is -0.181. The molecule has 5 heteroatoms. The first-order chi connectivity index (χ1) is 11.7. The molecule has 4 aliphatic rings. The highest BCUT2D eigenvalue weighted by Gasteiger charge is 2.51. The Morgan fingerprint density at radius 3 is 2.04 bits per heavy atom. The van der Waals surface area contributed by atoms with Gasteiger partial charge in [0, 0.05) is 6.42 Å². The molecule has 4 aliphatic carbocycles. The fraction of sp³-hybridized carbons (Fsp3) is 0.900. The number of amides is 2. The van der Waals surface area contributed by atoms with Crippen molar-refractivity contribution in [2.45, 2.75) is 65.7 Å². The second-order valence-corrected chi connectivity index (χ2v) is 10.0. The minimum absolute atomic E-state index is 0.0229. The van der Waals surface area contributed by atoms with E-state index in [2.05, 4.69) is 26.1 Å². The lowest BCUT2D eigenvalue weighted by Gasteiger charge is -2.56. The Bertz CT molecular complexity index is 488. The van der Waals surface area contributed by atoms with Crippen LogP contribution in [0.1, 0.15) is 65.7 Å². The lowest BCUT2D eigenvalue weighted by Crippen LogP contribution is -2.49. The van der Waals surface area contributed by atoms with Gasteiger partial charge in [-0.2, -0.15) is 0 Å². The fourth-order valence-corrected chi connectivity index (χ4v) is 5.86. The number of carbonyl (C=O) groups is 2. The van der Waals surface area contributed by atoms with Crippen molar-refractivity contribution in [3.63, 3.8) is 0 Å². The Balaban J connectivity index is 1.49. The number of carbonyl (C=O) groups excluding carboxylic acids is 2. The van der Waals surface area contributed by atoms with E-state index in [4.69, 9.17) is 4.84 Å². The topological polar surface area (TPSA) is 58.6 Å². The highest BCUT2D eigenvalue weighted by atomic mass is 16.7. The van der Waals surface area contributed by atoms with Gasteiger partial charge in [-0.15, -0.1) is 0 Å². The molecule has 4 fully saturated rings. The van der Waals surface area contributed by atoms with Crippen LogP contribution in [0.4, 0.5) is 0 Å². The maximum absolute atomic E-state index is 12.5. The van der Waals surface area contributed by atoms with Gasteiger partial charge in [0.25, 0.3) is 5.91 Å². The van der Waals surface area contributed by atoms with Gasteiger partial charge >= 0.3 is 0 Å². The molecule has 25 heavy (non-hydrogen) atoms. The third kappa shape index (κ3) is 4.55. The summed E-state index contributed by atoms with van der Waals surface area (Å²) in [6.07, 6.45) is 8.40. The minimum atomic E-state index is -0.184. The van der Waals surface area contributed by atoms with Crippen molar-refractivity contribution in [1.82, 2.24) is 10.4 Å². The highest BCUT2D eigenvalue weighted by molar-refractivity contribution is 5.84. The number of nitrogens with one attached hydrogen (secondary N) is 1. The summed E-state index contributed by atoms with van der Waals surface area (Å²) in [6, 6.07) is 0. The molecular formula is C20H34N2O3. The van der Waals surface area contributed by atoms with Crippen LogP contribution < -0.4 is 5.32 Å². The molecule has 0 heterocycles. The summed E-state index contributed by atoms with van der Waals surface area (Å²) < 4.78 is 0. The molecule has 1 N–H and O–H groups in total. The number of rotatable bonds is 6. The molecule has 5 nitrogen and oxygen atoms in total. The van der Waals surface area contributed by atoms with Crippen molar-refractivity contribution in [2.75, 3.05) is 20.2 Å². The summed E-state index contributed by atoms with van der Waals surface area (Å²) in [5, 5.41) is 4.20. The van der Waals surface area contributed by atoms with Gasteiger partial charge in [0.15, 0.2) is 0 Å². The molecule has 0 unspecified atom stereocenters. The molecule has 0 radical (unpaired) electrons. The van der Waals surface area contributed by atoms with Gasteiger partial charge in [-0.05, 0) is 67.1 Å². The van der Waals surface area contributed by atoms with E-state index in [1.807, 2.05) is 0 Å². The van der Waals surface area contributed by atoms with Gasteiger partial charge in [-0.25, -0.2) is 5.06 Å². The molecule has 0 saturated heterocycles. The predicted octanol–water partition coefficient (Wildman–Crippen LogP) is 3.15. The normalized spacial score (nSPS) is 33.4. The van der Waals surface area contributed by atoms with Crippen LogP contribution in [0.5, 0.6) is 0 Å². The van der Waals surface area contributed by atoms with Crippen molar-refractivity contribution in [2.24, 2.45) is 28.6 Å². The van der Waals surface area contributed by atoms with E-state index in [-0.39, 0.29) is 29.2 Å². The SMILES string of the molecule is CON(CC(C)(C)C)C(=O)CNC(=O)CC12CC3CC(CC(C3)C1)C2. The standard InChI is InChI=1S/C20H34N2O3/c1-19(2,3)13-22(25-4)18(24)12-21-17(23)11-20-8-14-5-15(9-20)7-16(6-14)10-20/h14-16H,5-13H2,1-4H3,(H,21,23). The van der Waals surface area contributed by atoms with Gasteiger partial charge in [0.2, 0.25) is 5.91 Å². The molecule has 4 rings (SSSR count). The average molecular weight is 351 g/mol. The quantitative estimate of drug-likeness (QED) is 0.749. The zero-order valence-electron chi connectivity index (χ0n) is 16.3. The van der Waals surface area contributed by atoms with Crippen LogP contribution in [0.15, 0.2) is 0 Å². The van der Waals surface area contributed by atoms with Crippen LogP contribution in [0.2, 0.25) is 0 Å². The molecule has 4 bridgehead atoms. The summed E-state index contributed by atoms with van der Waals surface area (Å²) >= 11 is 0. The Kier molecular flexibility index (Phi) is 5.16. The molecule has 0 aromatic carbocycles. The molecule has 0 aromatic rings. The van der Waals surface area contributed by atoms with Crippen molar-refractivity contribution >= 4 is 11.8 Å². The van der Waals surface area contributed by atoms with Crippen molar-refractivity contribution in [3.8, 4) is 0 Å². The lowest BCUT2D eigenvalue weighted by atomic mass is 9.49. The van der Waals surface area contributed by atoms with Crippen LogP contribution >= 0.6 is 0 Å². The zero-order chi connectivity index (χ0) is 18.2. The fourth-order valence-electron chi connectivity index (χ4n) is 5.86. The summed E-state index contributed by atoms with van der Waals surface area (Å²) in [4.78, 5) is 30.0. The second kappa shape index (κ2) is 6.90. The van der Waals surface area contributed by atoms with Crippen LogP contribution in [0, 0.1) is 28.6 Å². The van der Waals surface area contributed by atoms with Gasteiger partial charge in [0.1, 0.15) is 0 Å². The van der Waals surface area contributed by atoms with Crippen molar-refractivity contribution < 1.29 is 14.4 Å². The van der Waals surface area contributed by atoms with Gasteiger partial charge in [0.05, 0.1) is 20.2 Å². The van der Waals surface area contributed by atoms with E-state index in [0.717, 1.165) is 17.8 Å². The first-order valence-electron chi connectivity index (χ1n) is 9.79. The molecule has 142 valence electrons. The third-order valence-corrected chi connectivity index (χ3v) is 6.25. The summed E-state index contributed by atoms with van der Waals surface area (Å²) in [5.74, 6) is 2.38. The smallest absolute Gasteiger partial charge is 0.265 e. The highest BCUT2D eigenvalue weighted by Crippen LogP contribution is 2.61. The third-order valence-electron chi connectivity index (χ3n) is 6.25. The van der Waals surface area contributed by atoms with Gasteiger partial charge in [-0.3, -0.25) is 14.4 Å². The van der Waals surface area contributed by atoms with Crippen LogP contribution in [-0.4, -0.2) is 37.1 Å². The Morgan fingerprint density at radius 2 is 1.60 bits per heavy atom. The minimum Gasteiger partial charge on any atom is -0.347 e. The largest absolute Gasteiger partial charge is 0.347 e. The number of hydrogen-bond donors (Lipinski definition) is 1. The van der Waals surface area contributed by atoms with Gasteiger partial charge < -0.3 is 5.32 Å². The molecule has 0 aliphatic heterocycles. The molecule has 2 amide bonds. The average Bonchev–Trinajstić information content (AvgIpc) is 2.47. The van der Waals surface area contributed by atoms with E-state index < -0.39 is 0 Å².